The number of nitrogens with one attached hydrogen (secondary N) is 1. The third-order valence-electron chi connectivity index (χ3n) is 6.27. The average Bonchev–Trinajstić information content (AvgIpc) is 3.37. The lowest BCUT2D eigenvalue weighted by molar-refractivity contribution is -0.121. The highest BCUT2D eigenvalue weighted by molar-refractivity contribution is 7.18. The first-order valence-electron chi connectivity index (χ1n) is 10.7. The molecule has 8 nitrogen and oxygen atoms in total. The minimum absolute atomic E-state index is 0.0441. The number of thiophene rings is 1. The predicted octanol–water partition coefficient (Wildman–Crippen LogP) is 1.32. The van der Waals surface area contributed by atoms with E-state index in [4.69, 9.17) is 9.47 Å². The number of rotatable bonds is 7. The fourth-order valence-electron chi connectivity index (χ4n) is 4.32. The lowest BCUT2D eigenvalue weighted by Crippen LogP contribution is -2.52. The Kier molecular flexibility index (Phi) is 6.82. The number of nitrogens with zero attached hydrogens (tertiary/aromatic N) is 3. The molecule has 2 unspecified atom stereocenters. The van der Waals surface area contributed by atoms with Crippen LogP contribution in [0, 0.1) is 19.8 Å². The van der Waals surface area contributed by atoms with E-state index in [-0.39, 0.29) is 23.9 Å². The molecule has 0 bridgehead atoms. The summed E-state index contributed by atoms with van der Waals surface area (Å²) in [5.74, 6) is 0.389. The van der Waals surface area contributed by atoms with Crippen molar-refractivity contribution in [2.75, 3.05) is 46.1 Å². The molecule has 0 aromatic carbocycles. The Labute approximate surface area is 180 Å². The first kappa shape index (κ1) is 21.4. The van der Waals surface area contributed by atoms with E-state index in [1.165, 1.54) is 11.3 Å². The summed E-state index contributed by atoms with van der Waals surface area (Å²) in [7, 11) is 0. The van der Waals surface area contributed by atoms with Crippen molar-refractivity contribution >= 4 is 27.5 Å². The van der Waals surface area contributed by atoms with Gasteiger partial charge in [0.1, 0.15) is 4.83 Å². The van der Waals surface area contributed by atoms with Crippen LogP contribution in [0.3, 0.4) is 0 Å². The van der Waals surface area contributed by atoms with E-state index in [2.05, 4.69) is 15.2 Å². The van der Waals surface area contributed by atoms with Gasteiger partial charge in [0.25, 0.3) is 5.56 Å². The molecule has 0 radical (unpaired) electrons. The molecule has 0 spiro atoms. The highest BCUT2D eigenvalue weighted by Crippen LogP contribution is 2.25. The van der Waals surface area contributed by atoms with Crippen LogP contribution < -0.4 is 10.9 Å². The van der Waals surface area contributed by atoms with Crippen molar-refractivity contribution in [3.05, 3.63) is 27.1 Å². The summed E-state index contributed by atoms with van der Waals surface area (Å²) in [6.45, 7) is 9.66. The number of ether oxygens (including phenoxy) is 2. The van der Waals surface area contributed by atoms with E-state index in [0.717, 1.165) is 61.2 Å². The van der Waals surface area contributed by atoms with Crippen molar-refractivity contribution in [2.45, 2.75) is 39.3 Å². The number of amides is 1. The SMILES string of the molecule is Cc1sc2ncn(CCC(=O)NCC(C3CCOC3)N3CCOCC3)c(=O)c2c1C. The molecule has 9 heteroatoms. The summed E-state index contributed by atoms with van der Waals surface area (Å²) in [6, 6.07) is 0.262. The summed E-state index contributed by atoms with van der Waals surface area (Å²) in [5, 5.41) is 3.76. The van der Waals surface area contributed by atoms with Gasteiger partial charge in [-0.3, -0.25) is 19.1 Å². The Morgan fingerprint density at radius 2 is 2.10 bits per heavy atom. The van der Waals surface area contributed by atoms with E-state index < -0.39 is 0 Å². The van der Waals surface area contributed by atoms with Crippen LogP contribution in [0.5, 0.6) is 0 Å². The fraction of sp³-hybridized carbons (Fsp3) is 0.667. The van der Waals surface area contributed by atoms with Crippen molar-refractivity contribution < 1.29 is 14.3 Å². The first-order chi connectivity index (χ1) is 14.5. The molecule has 164 valence electrons. The van der Waals surface area contributed by atoms with Gasteiger partial charge in [0.05, 0.1) is 31.5 Å². The van der Waals surface area contributed by atoms with Gasteiger partial charge in [-0.05, 0) is 25.8 Å². The molecule has 2 aromatic rings. The van der Waals surface area contributed by atoms with Crippen molar-refractivity contribution in [1.82, 2.24) is 19.8 Å². The molecule has 4 heterocycles. The summed E-state index contributed by atoms with van der Waals surface area (Å²) >= 11 is 1.54. The average molecular weight is 435 g/mol. The Hall–Kier alpha value is -1.81. The molecule has 2 fully saturated rings. The third kappa shape index (κ3) is 4.59. The molecule has 2 saturated heterocycles. The number of fused-ring (bicyclic) bond motifs is 1. The van der Waals surface area contributed by atoms with Gasteiger partial charge < -0.3 is 14.8 Å². The van der Waals surface area contributed by atoms with Crippen LogP contribution in [0.2, 0.25) is 0 Å². The Bertz CT molecular complexity index is 944. The van der Waals surface area contributed by atoms with E-state index in [0.29, 0.717) is 24.4 Å². The number of aryl methyl sites for hydroxylation is 3. The molecule has 2 atom stereocenters. The smallest absolute Gasteiger partial charge is 0.262 e. The van der Waals surface area contributed by atoms with Gasteiger partial charge in [-0.1, -0.05) is 0 Å². The lowest BCUT2D eigenvalue weighted by atomic mass is 9.97. The Balaban J connectivity index is 1.36. The van der Waals surface area contributed by atoms with E-state index in [9.17, 15) is 9.59 Å². The van der Waals surface area contributed by atoms with Gasteiger partial charge in [0.15, 0.2) is 0 Å². The van der Waals surface area contributed by atoms with Crippen LogP contribution in [0.1, 0.15) is 23.3 Å². The summed E-state index contributed by atoms with van der Waals surface area (Å²) in [4.78, 5) is 34.0. The molecule has 1 N–H and O–H groups in total. The maximum absolute atomic E-state index is 12.8. The normalized spacial score (nSPS) is 21.2. The number of aromatic nitrogens is 2. The predicted molar refractivity (Wildman–Crippen MR) is 116 cm³/mol. The molecule has 2 aliphatic heterocycles. The molecule has 1 amide bonds. The monoisotopic (exact) mass is 434 g/mol. The first-order valence-corrected chi connectivity index (χ1v) is 11.5. The van der Waals surface area contributed by atoms with Crippen LogP contribution in [0.15, 0.2) is 11.1 Å². The Morgan fingerprint density at radius 1 is 1.30 bits per heavy atom. The minimum atomic E-state index is -0.0658. The molecule has 4 rings (SSSR count). The van der Waals surface area contributed by atoms with Gasteiger partial charge in [-0.2, -0.15) is 0 Å². The molecule has 0 aliphatic carbocycles. The molecule has 2 aliphatic rings. The number of morpholine rings is 1. The number of hydrogen-bond donors (Lipinski definition) is 1. The Morgan fingerprint density at radius 3 is 2.83 bits per heavy atom. The number of carbonyl (C=O) groups excluding carboxylic acids is 1. The largest absolute Gasteiger partial charge is 0.381 e. The van der Waals surface area contributed by atoms with Crippen LogP contribution in [0.25, 0.3) is 10.2 Å². The van der Waals surface area contributed by atoms with Crippen LogP contribution in [0.4, 0.5) is 0 Å². The zero-order chi connectivity index (χ0) is 21.1. The molecule has 2 aromatic heterocycles. The van der Waals surface area contributed by atoms with Crippen molar-refractivity contribution in [1.29, 1.82) is 0 Å². The number of carbonyl (C=O) groups is 1. The molecule has 0 saturated carbocycles. The molecule has 30 heavy (non-hydrogen) atoms. The van der Waals surface area contributed by atoms with Crippen molar-refractivity contribution in [3.63, 3.8) is 0 Å². The van der Waals surface area contributed by atoms with Gasteiger partial charge in [-0.25, -0.2) is 4.98 Å². The second-order valence-electron chi connectivity index (χ2n) is 8.10. The zero-order valence-electron chi connectivity index (χ0n) is 17.7. The van der Waals surface area contributed by atoms with Gasteiger partial charge in [0.2, 0.25) is 5.91 Å². The zero-order valence-corrected chi connectivity index (χ0v) is 18.5. The quantitative estimate of drug-likeness (QED) is 0.707. The third-order valence-corrected chi connectivity index (χ3v) is 7.38. The topological polar surface area (TPSA) is 85.7 Å². The van der Waals surface area contributed by atoms with E-state index in [1.807, 2.05) is 13.8 Å². The van der Waals surface area contributed by atoms with Crippen molar-refractivity contribution in [3.8, 4) is 0 Å². The summed E-state index contributed by atoms with van der Waals surface area (Å²) in [6.07, 6.45) is 2.84. The van der Waals surface area contributed by atoms with E-state index >= 15 is 0 Å². The molecular formula is C21H30N4O4S. The highest BCUT2D eigenvalue weighted by atomic mass is 32.1. The van der Waals surface area contributed by atoms with Gasteiger partial charge in [0, 0.05) is 56.0 Å². The summed E-state index contributed by atoms with van der Waals surface area (Å²) in [5.41, 5.74) is 0.919. The second kappa shape index (κ2) is 9.55. The maximum atomic E-state index is 12.8. The van der Waals surface area contributed by atoms with Crippen LogP contribution in [-0.2, 0) is 20.8 Å². The van der Waals surface area contributed by atoms with Gasteiger partial charge >= 0.3 is 0 Å². The van der Waals surface area contributed by atoms with Crippen molar-refractivity contribution in [2.24, 2.45) is 5.92 Å². The van der Waals surface area contributed by atoms with E-state index in [1.54, 1.807) is 10.9 Å². The number of hydrogen-bond acceptors (Lipinski definition) is 7. The highest BCUT2D eigenvalue weighted by Gasteiger charge is 2.31. The minimum Gasteiger partial charge on any atom is -0.381 e. The van der Waals surface area contributed by atoms with Crippen LogP contribution >= 0.6 is 11.3 Å². The molecular weight excluding hydrogens is 404 g/mol. The second-order valence-corrected chi connectivity index (χ2v) is 9.30. The summed E-state index contributed by atoms with van der Waals surface area (Å²) < 4.78 is 12.6. The van der Waals surface area contributed by atoms with Crippen LogP contribution in [-0.4, -0.2) is 72.5 Å². The van der Waals surface area contributed by atoms with Gasteiger partial charge in [-0.15, -0.1) is 11.3 Å². The maximum Gasteiger partial charge on any atom is 0.262 e. The fourth-order valence-corrected chi connectivity index (χ4v) is 5.30. The standard InChI is InChI=1S/C21H30N4O4S/c1-14-15(2)30-20-19(14)21(27)25(13-23-20)5-3-18(26)22-11-17(16-4-8-29-12-16)24-6-9-28-10-7-24/h13,16-17H,3-12H2,1-2H3,(H,22,26). The lowest BCUT2D eigenvalue weighted by Gasteiger charge is -2.37.